The number of para-hydroxylation sites is 1. The average Bonchev–Trinajstić information content (AvgIpc) is 3.52. The van der Waals surface area contributed by atoms with Crippen molar-refractivity contribution in [2.24, 2.45) is 0 Å². The Balaban J connectivity index is 1.48. The summed E-state index contributed by atoms with van der Waals surface area (Å²) >= 11 is 6.41. The van der Waals surface area contributed by atoms with Crippen LogP contribution in [0.1, 0.15) is 61.5 Å². The molecule has 0 bridgehead atoms. The molecule has 1 aromatic heterocycles. The number of ether oxygens (including phenoxy) is 1. The van der Waals surface area contributed by atoms with E-state index in [1.165, 1.54) is 35.4 Å². The molecule has 0 aliphatic heterocycles. The number of nitrogens with one attached hydrogen (secondary N) is 2. The summed E-state index contributed by atoms with van der Waals surface area (Å²) in [5, 5.41) is 6.97. The molecule has 9 nitrogen and oxygen atoms in total. The first-order valence-electron chi connectivity index (χ1n) is 14.7. The van der Waals surface area contributed by atoms with E-state index in [1.807, 2.05) is 37.3 Å². The lowest BCUT2D eigenvalue weighted by Gasteiger charge is -2.18. The summed E-state index contributed by atoms with van der Waals surface area (Å²) in [5.74, 6) is -1.13. The number of anilines is 1. The number of aryl methyl sites for hydroxylation is 1. The van der Waals surface area contributed by atoms with Gasteiger partial charge in [0.1, 0.15) is 11.4 Å². The first-order chi connectivity index (χ1) is 21.2. The molecule has 3 aromatic carbocycles. The number of nitrogens with zero attached hydrogens (tertiary/aromatic N) is 2. The molecule has 0 aliphatic carbocycles. The Labute approximate surface area is 263 Å². The summed E-state index contributed by atoms with van der Waals surface area (Å²) in [6.45, 7) is 4.38. The zero-order valence-electron chi connectivity index (χ0n) is 24.8. The van der Waals surface area contributed by atoms with Crippen LogP contribution in [0.3, 0.4) is 0 Å². The van der Waals surface area contributed by atoms with Gasteiger partial charge in [-0.25, -0.2) is 17.8 Å². The molecule has 1 amide bonds. The maximum Gasteiger partial charge on any atom is 0.273 e. The molecule has 0 saturated carbocycles. The van der Waals surface area contributed by atoms with Crippen LogP contribution in [0, 0.1) is 6.92 Å². The van der Waals surface area contributed by atoms with Gasteiger partial charge in [0.05, 0.1) is 21.3 Å². The molecule has 0 fully saturated rings. The predicted molar refractivity (Wildman–Crippen MR) is 172 cm³/mol. The number of sulfonamides is 1. The first-order valence-corrected chi connectivity index (χ1v) is 16.5. The monoisotopic (exact) mass is 636 g/mol. The number of amides is 1. The van der Waals surface area contributed by atoms with Crippen molar-refractivity contribution in [3.63, 3.8) is 0 Å². The maximum atomic E-state index is 13.6. The average molecular weight is 637 g/mol. The number of Topliss-reactive ketones (excluding diaryl/α,β-unsaturated/α-hetero) is 1. The number of carbonyl (C=O) groups is 2. The normalized spacial score (nSPS) is 12.1. The molecule has 1 heterocycles. The summed E-state index contributed by atoms with van der Waals surface area (Å²) in [6.07, 6.45) is 6.26. The number of hydrogen-bond acceptors (Lipinski definition) is 6. The van der Waals surface area contributed by atoms with Crippen molar-refractivity contribution in [2.75, 3.05) is 11.9 Å². The van der Waals surface area contributed by atoms with Gasteiger partial charge in [-0.15, -0.1) is 0 Å². The van der Waals surface area contributed by atoms with E-state index in [-0.39, 0.29) is 21.3 Å². The fourth-order valence-corrected chi connectivity index (χ4v) is 5.84. The molecule has 11 heteroatoms. The summed E-state index contributed by atoms with van der Waals surface area (Å²) in [5.41, 5.74) is 1.89. The standard InChI is InChI=1S/C33H37ClN4O5S/c1-3-4-5-6-7-11-21-35-44(41,42)27-18-19-29(28(34)23-27)36-33(40)32(43-26-16-14-24(2)15-17-26)31(39)30-20-22-38(37-30)25-12-9-8-10-13-25/h8-10,12-20,22-23,32,35H,3-7,11,21H2,1-2H3,(H,36,40). The fourth-order valence-electron chi connectivity index (χ4n) is 4.45. The van der Waals surface area contributed by atoms with Gasteiger partial charge in [0.2, 0.25) is 21.9 Å². The number of unbranched alkanes of at least 4 members (excludes halogenated alkanes) is 5. The minimum Gasteiger partial charge on any atom is -0.472 e. The number of rotatable bonds is 16. The van der Waals surface area contributed by atoms with E-state index in [0.29, 0.717) is 12.3 Å². The Morgan fingerprint density at radius 2 is 1.64 bits per heavy atom. The number of aromatic nitrogens is 2. The lowest BCUT2D eigenvalue weighted by atomic mass is 10.1. The van der Waals surface area contributed by atoms with Gasteiger partial charge < -0.3 is 10.1 Å². The van der Waals surface area contributed by atoms with Crippen LogP contribution in [0.2, 0.25) is 5.02 Å². The predicted octanol–water partition coefficient (Wildman–Crippen LogP) is 6.74. The van der Waals surface area contributed by atoms with Gasteiger partial charge in [-0.05, 0) is 61.9 Å². The molecule has 4 aromatic rings. The summed E-state index contributed by atoms with van der Waals surface area (Å²) < 4.78 is 35.6. The minimum absolute atomic E-state index is 0.00400. The zero-order chi connectivity index (χ0) is 31.5. The van der Waals surface area contributed by atoms with Crippen LogP contribution in [0.4, 0.5) is 5.69 Å². The molecule has 1 unspecified atom stereocenters. The van der Waals surface area contributed by atoms with Crippen molar-refractivity contribution in [2.45, 2.75) is 63.4 Å². The van der Waals surface area contributed by atoms with Gasteiger partial charge in [-0.3, -0.25) is 9.59 Å². The third-order valence-corrected chi connectivity index (χ3v) is 8.72. The topological polar surface area (TPSA) is 119 Å². The number of benzene rings is 3. The Bertz CT molecular complexity index is 1660. The molecule has 0 aliphatic rings. The molecule has 1 atom stereocenters. The zero-order valence-corrected chi connectivity index (χ0v) is 26.4. The fraction of sp³-hybridized carbons (Fsp3) is 0.303. The van der Waals surface area contributed by atoms with E-state index < -0.39 is 27.8 Å². The van der Waals surface area contributed by atoms with Gasteiger partial charge in [-0.1, -0.05) is 86.5 Å². The molecule has 2 N–H and O–H groups in total. The highest BCUT2D eigenvalue weighted by Gasteiger charge is 2.32. The third-order valence-electron chi connectivity index (χ3n) is 6.94. The Kier molecular flexibility index (Phi) is 11.7. The molecule has 0 spiro atoms. The molecule has 0 radical (unpaired) electrons. The van der Waals surface area contributed by atoms with Gasteiger partial charge in [-0.2, -0.15) is 5.10 Å². The largest absolute Gasteiger partial charge is 0.472 e. The van der Waals surface area contributed by atoms with Gasteiger partial charge >= 0.3 is 0 Å². The van der Waals surface area contributed by atoms with Crippen LogP contribution in [-0.4, -0.2) is 42.5 Å². The van der Waals surface area contributed by atoms with Crippen LogP contribution in [-0.2, 0) is 14.8 Å². The van der Waals surface area contributed by atoms with E-state index in [1.54, 1.807) is 30.5 Å². The minimum atomic E-state index is -3.79. The lowest BCUT2D eigenvalue weighted by Crippen LogP contribution is -2.40. The quantitative estimate of drug-likeness (QED) is 0.0798. The highest BCUT2D eigenvalue weighted by Crippen LogP contribution is 2.26. The van der Waals surface area contributed by atoms with E-state index in [4.69, 9.17) is 16.3 Å². The van der Waals surface area contributed by atoms with Crippen molar-refractivity contribution in [3.05, 3.63) is 101 Å². The second kappa shape index (κ2) is 15.7. The second-order valence-electron chi connectivity index (χ2n) is 10.5. The maximum absolute atomic E-state index is 13.6. The summed E-state index contributed by atoms with van der Waals surface area (Å²) in [7, 11) is -3.79. The van der Waals surface area contributed by atoms with Gasteiger partial charge in [0.15, 0.2) is 0 Å². The van der Waals surface area contributed by atoms with Crippen molar-refractivity contribution >= 4 is 39.0 Å². The molecule has 232 valence electrons. The van der Waals surface area contributed by atoms with E-state index >= 15 is 0 Å². The Morgan fingerprint density at radius 3 is 2.34 bits per heavy atom. The Hall–Kier alpha value is -3.99. The molecular formula is C33H37ClN4O5S. The Morgan fingerprint density at radius 1 is 0.932 bits per heavy atom. The highest BCUT2D eigenvalue weighted by atomic mass is 35.5. The molecule has 44 heavy (non-hydrogen) atoms. The van der Waals surface area contributed by atoms with Crippen molar-refractivity contribution in [3.8, 4) is 11.4 Å². The summed E-state index contributed by atoms with van der Waals surface area (Å²) in [6, 6.07) is 21.7. The van der Waals surface area contributed by atoms with Crippen LogP contribution < -0.4 is 14.8 Å². The highest BCUT2D eigenvalue weighted by molar-refractivity contribution is 7.89. The van der Waals surface area contributed by atoms with Gasteiger partial charge in [0, 0.05) is 12.7 Å². The number of halogens is 1. The lowest BCUT2D eigenvalue weighted by molar-refractivity contribution is -0.120. The number of ketones is 1. The molecule has 4 rings (SSSR count). The van der Waals surface area contributed by atoms with Crippen molar-refractivity contribution in [1.82, 2.24) is 14.5 Å². The van der Waals surface area contributed by atoms with E-state index in [0.717, 1.165) is 43.4 Å². The van der Waals surface area contributed by atoms with Crippen molar-refractivity contribution in [1.29, 1.82) is 0 Å². The third kappa shape index (κ3) is 9.01. The van der Waals surface area contributed by atoms with E-state index in [2.05, 4.69) is 22.1 Å². The molecular weight excluding hydrogens is 600 g/mol. The second-order valence-corrected chi connectivity index (χ2v) is 12.6. The van der Waals surface area contributed by atoms with Crippen LogP contribution in [0.15, 0.2) is 90.0 Å². The number of hydrogen-bond donors (Lipinski definition) is 2. The van der Waals surface area contributed by atoms with Crippen molar-refractivity contribution < 1.29 is 22.7 Å². The SMILES string of the molecule is CCCCCCCCNS(=O)(=O)c1ccc(NC(=O)C(Oc2ccc(C)cc2)C(=O)c2ccn(-c3ccccc3)n2)c(Cl)c1. The van der Waals surface area contributed by atoms with Gasteiger partial charge in [0.25, 0.3) is 5.91 Å². The first kappa shape index (κ1) is 32.9. The van der Waals surface area contributed by atoms with E-state index in [9.17, 15) is 18.0 Å². The van der Waals surface area contributed by atoms with Crippen LogP contribution in [0.25, 0.3) is 5.69 Å². The number of carbonyl (C=O) groups excluding carboxylic acids is 2. The smallest absolute Gasteiger partial charge is 0.273 e. The summed E-state index contributed by atoms with van der Waals surface area (Å²) in [4.78, 5) is 27.1. The van der Waals surface area contributed by atoms with Crippen LogP contribution in [0.5, 0.6) is 5.75 Å². The van der Waals surface area contributed by atoms with Crippen LogP contribution >= 0.6 is 11.6 Å². The molecule has 0 saturated heterocycles.